The molecule has 25 heavy (non-hydrogen) atoms. The summed E-state index contributed by atoms with van der Waals surface area (Å²) in [4.78, 5) is 39.8. The Bertz CT molecular complexity index is 932. The molecule has 0 saturated carbocycles. The molecule has 0 radical (unpaired) electrons. The first-order valence-corrected chi connectivity index (χ1v) is 7.82. The number of anilines is 1. The molecule has 0 spiro atoms. The minimum atomic E-state index is -2.20. The number of carbonyl (C=O) groups is 3. The zero-order valence-corrected chi connectivity index (χ0v) is 14.1. The predicted octanol–water partition coefficient (Wildman–Crippen LogP) is 1.90. The highest BCUT2D eigenvalue weighted by Gasteiger charge is 2.49. The summed E-state index contributed by atoms with van der Waals surface area (Å²) in [5.74, 6) is -2.28. The van der Waals surface area contributed by atoms with E-state index in [9.17, 15) is 19.5 Å². The maximum absolute atomic E-state index is 12.5. The van der Waals surface area contributed by atoms with Crippen LogP contribution in [0.4, 0.5) is 5.69 Å². The number of carbonyl (C=O) groups excluding carboxylic acids is 3. The number of hydrogen-bond acceptors (Lipinski definition) is 5. The first kappa shape index (κ1) is 17.3. The number of rotatable bonds is 4. The highest BCUT2D eigenvalue weighted by molar-refractivity contribution is 6.38. The van der Waals surface area contributed by atoms with Crippen molar-refractivity contribution in [2.45, 2.75) is 12.0 Å². The molecule has 1 aliphatic rings. The van der Waals surface area contributed by atoms with Gasteiger partial charge in [0.05, 0.1) is 17.1 Å². The zero-order chi connectivity index (χ0) is 18.4. The Kier molecular flexibility index (Phi) is 4.24. The van der Waals surface area contributed by atoms with E-state index in [4.69, 9.17) is 28.9 Å². The number of nitrogens with one attached hydrogen (secondary N) is 1. The number of nitrogens with zero attached hydrogens (tertiary/aromatic N) is 1. The van der Waals surface area contributed by atoms with Crippen LogP contribution in [0.15, 0.2) is 30.3 Å². The SMILES string of the molecule is NC(=O)c1cccc(C(=O)CC2(O)C(=O)Nc3c(Cl)ccc(Cl)c32)n1. The van der Waals surface area contributed by atoms with Crippen LogP contribution in [0.25, 0.3) is 0 Å². The van der Waals surface area contributed by atoms with Gasteiger partial charge in [0.25, 0.3) is 11.8 Å². The Morgan fingerprint density at radius 3 is 2.48 bits per heavy atom. The molecule has 4 N–H and O–H groups in total. The summed E-state index contributed by atoms with van der Waals surface area (Å²) in [5, 5.41) is 13.5. The Morgan fingerprint density at radius 2 is 1.80 bits per heavy atom. The number of pyridine rings is 1. The standard InChI is InChI=1S/C16H11Cl2N3O4/c17-7-4-5-8(18)13-12(7)16(25,15(24)21-13)6-11(22)9-2-1-3-10(20-9)14(19)23/h1-5,25H,6H2,(H2,19,23)(H,21,24). The number of halogens is 2. The predicted molar refractivity (Wildman–Crippen MR) is 90.7 cm³/mol. The van der Waals surface area contributed by atoms with Crippen molar-refractivity contribution < 1.29 is 19.5 Å². The molecule has 3 rings (SSSR count). The van der Waals surface area contributed by atoms with E-state index in [2.05, 4.69) is 10.3 Å². The highest BCUT2D eigenvalue weighted by atomic mass is 35.5. The zero-order valence-electron chi connectivity index (χ0n) is 12.5. The molecule has 2 amide bonds. The summed E-state index contributed by atoms with van der Waals surface area (Å²) in [6.45, 7) is 0. The van der Waals surface area contributed by atoms with Crippen LogP contribution in [0.3, 0.4) is 0 Å². The monoisotopic (exact) mass is 379 g/mol. The molecule has 1 atom stereocenters. The number of nitrogens with two attached hydrogens (primary N) is 1. The van der Waals surface area contributed by atoms with E-state index in [-0.39, 0.29) is 32.7 Å². The van der Waals surface area contributed by atoms with Crippen LogP contribution in [-0.2, 0) is 10.4 Å². The molecule has 0 saturated heterocycles. The normalized spacial score (nSPS) is 18.6. The first-order valence-electron chi connectivity index (χ1n) is 7.06. The van der Waals surface area contributed by atoms with E-state index < -0.39 is 29.6 Å². The summed E-state index contributed by atoms with van der Waals surface area (Å²) in [6.07, 6.45) is -0.624. The van der Waals surface area contributed by atoms with Gasteiger partial charge in [-0.3, -0.25) is 14.4 Å². The Labute approximate surface area is 151 Å². The van der Waals surface area contributed by atoms with E-state index in [1.807, 2.05) is 0 Å². The van der Waals surface area contributed by atoms with Crippen LogP contribution in [0.1, 0.15) is 33.0 Å². The number of aromatic nitrogens is 1. The van der Waals surface area contributed by atoms with Crippen LogP contribution in [0, 0.1) is 0 Å². The quantitative estimate of drug-likeness (QED) is 0.700. The number of benzene rings is 1. The first-order chi connectivity index (χ1) is 11.7. The molecular formula is C16H11Cl2N3O4. The molecule has 0 aliphatic carbocycles. The fourth-order valence-corrected chi connectivity index (χ4v) is 3.15. The fraction of sp³-hybridized carbons (Fsp3) is 0.125. The van der Waals surface area contributed by atoms with Crippen LogP contribution in [0.5, 0.6) is 0 Å². The van der Waals surface area contributed by atoms with Crippen molar-refractivity contribution >= 4 is 46.5 Å². The lowest BCUT2D eigenvalue weighted by Gasteiger charge is -2.21. The molecule has 1 aliphatic heterocycles. The van der Waals surface area contributed by atoms with Gasteiger partial charge in [-0.05, 0) is 24.3 Å². The molecule has 1 aromatic carbocycles. The van der Waals surface area contributed by atoms with Crippen LogP contribution < -0.4 is 11.1 Å². The van der Waals surface area contributed by atoms with Gasteiger partial charge in [0.1, 0.15) is 11.4 Å². The van der Waals surface area contributed by atoms with Crippen LogP contribution in [0.2, 0.25) is 10.0 Å². The number of ketones is 1. The third-order valence-corrected chi connectivity index (χ3v) is 4.46. The van der Waals surface area contributed by atoms with Gasteiger partial charge in [-0.15, -0.1) is 0 Å². The van der Waals surface area contributed by atoms with Gasteiger partial charge in [0.2, 0.25) is 0 Å². The van der Waals surface area contributed by atoms with Crippen molar-refractivity contribution in [1.82, 2.24) is 4.98 Å². The Balaban J connectivity index is 2.00. The number of Topliss-reactive ketones (excluding diaryl/α,β-unsaturated/α-hetero) is 1. The summed E-state index contributed by atoms with van der Waals surface area (Å²) in [6, 6.07) is 7.02. The van der Waals surface area contributed by atoms with Crippen molar-refractivity contribution in [3.05, 3.63) is 57.3 Å². The van der Waals surface area contributed by atoms with Gasteiger partial charge in [-0.25, -0.2) is 4.98 Å². The number of aliphatic hydroxyl groups is 1. The van der Waals surface area contributed by atoms with E-state index in [0.29, 0.717) is 0 Å². The van der Waals surface area contributed by atoms with Crippen LogP contribution >= 0.6 is 23.2 Å². The van der Waals surface area contributed by atoms with Gasteiger partial charge in [0, 0.05) is 10.6 Å². The van der Waals surface area contributed by atoms with Gasteiger partial charge in [0.15, 0.2) is 11.4 Å². The van der Waals surface area contributed by atoms with Crippen molar-refractivity contribution in [3.8, 4) is 0 Å². The van der Waals surface area contributed by atoms with E-state index in [1.165, 1.54) is 30.3 Å². The summed E-state index contributed by atoms with van der Waals surface area (Å²) >= 11 is 12.1. The summed E-state index contributed by atoms with van der Waals surface area (Å²) < 4.78 is 0. The van der Waals surface area contributed by atoms with Gasteiger partial charge in [-0.2, -0.15) is 0 Å². The fourth-order valence-electron chi connectivity index (χ4n) is 2.63. The van der Waals surface area contributed by atoms with Gasteiger partial charge in [-0.1, -0.05) is 29.3 Å². The third kappa shape index (κ3) is 2.86. The third-order valence-electron chi connectivity index (χ3n) is 3.84. The maximum Gasteiger partial charge on any atom is 0.267 e. The average molecular weight is 380 g/mol. The molecule has 2 heterocycles. The lowest BCUT2D eigenvalue weighted by atomic mass is 9.89. The van der Waals surface area contributed by atoms with E-state index >= 15 is 0 Å². The van der Waals surface area contributed by atoms with Gasteiger partial charge < -0.3 is 16.2 Å². The summed E-state index contributed by atoms with van der Waals surface area (Å²) in [7, 11) is 0. The molecule has 1 aromatic heterocycles. The largest absolute Gasteiger partial charge is 0.375 e. The average Bonchev–Trinajstić information content (AvgIpc) is 2.83. The van der Waals surface area contributed by atoms with Gasteiger partial charge >= 0.3 is 0 Å². The number of hydrogen-bond donors (Lipinski definition) is 3. The van der Waals surface area contributed by atoms with Crippen molar-refractivity contribution in [2.24, 2.45) is 5.73 Å². The van der Waals surface area contributed by atoms with Crippen molar-refractivity contribution in [1.29, 1.82) is 0 Å². The molecule has 0 bridgehead atoms. The summed E-state index contributed by atoms with van der Waals surface area (Å²) in [5.41, 5.74) is 2.93. The topological polar surface area (TPSA) is 122 Å². The molecule has 2 aromatic rings. The molecule has 1 unspecified atom stereocenters. The highest BCUT2D eigenvalue weighted by Crippen LogP contribution is 2.46. The maximum atomic E-state index is 12.5. The number of primary amides is 1. The smallest absolute Gasteiger partial charge is 0.267 e. The molecular weight excluding hydrogens is 369 g/mol. The second-order valence-corrected chi connectivity index (χ2v) is 6.28. The molecule has 0 fully saturated rings. The minimum Gasteiger partial charge on any atom is -0.375 e. The van der Waals surface area contributed by atoms with E-state index in [1.54, 1.807) is 0 Å². The molecule has 7 nitrogen and oxygen atoms in total. The molecule has 9 heteroatoms. The Hall–Kier alpha value is -2.48. The second kappa shape index (κ2) is 6.11. The van der Waals surface area contributed by atoms with Crippen molar-refractivity contribution in [2.75, 3.05) is 5.32 Å². The number of amides is 2. The molecule has 128 valence electrons. The number of fused-ring (bicyclic) bond motifs is 1. The Morgan fingerprint density at radius 1 is 1.16 bits per heavy atom. The second-order valence-electron chi connectivity index (χ2n) is 5.47. The van der Waals surface area contributed by atoms with Crippen molar-refractivity contribution in [3.63, 3.8) is 0 Å². The van der Waals surface area contributed by atoms with E-state index in [0.717, 1.165) is 0 Å². The van der Waals surface area contributed by atoms with Crippen LogP contribution in [-0.4, -0.2) is 27.7 Å². The lowest BCUT2D eigenvalue weighted by Crippen LogP contribution is -2.37. The minimum absolute atomic E-state index is 0.0334. The lowest BCUT2D eigenvalue weighted by molar-refractivity contribution is -0.133.